The zero-order valence-electron chi connectivity index (χ0n) is 9.19. The van der Waals surface area contributed by atoms with Crippen LogP contribution in [0.25, 0.3) is 0 Å². The van der Waals surface area contributed by atoms with Gasteiger partial charge in [0.15, 0.2) is 0 Å². The molecule has 0 aliphatic heterocycles. The minimum atomic E-state index is 0.648. The summed E-state index contributed by atoms with van der Waals surface area (Å²) in [4.78, 5) is 0. The summed E-state index contributed by atoms with van der Waals surface area (Å²) in [5.74, 6) is 1.35. The Labute approximate surface area is 96.1 Å². The van der Waals surface area contributed by atoms with Gasteiger partial charge >= 0.3 is 0 Å². The lowest BCUT2D eigenvalue weighted by Gasteiger charge is -2.38. The maximum atomic E-state index is 2.40. The molecule has 0 aromatic rings. The van der Waals surface area contributed by atoms with Gasteiger partial charge < -0.3 is 0 Å². The normalized spacial score (nSPS) is 33.5. The SMILES string of the molecule is C1=CC2=C3C(=CC=C4C=CCC(C=C2)C43)C1. The van der Waals surface area contributed by atoms with Crippen LogP contribution in [-0.4, -0.2) is 0 Å². The predicted molar refractivity (Wildman–Crippen MR) is 66.8 cm³/mol. The van der Waals surface area contributed by atoms with Crippen LogP contribution in [0.3, 0.4) is 0 Å². The summed E-state index contributed by atoms with van der Waals surface area (Å²) in [7, 11) is 0. The first kappa shape index (κ1) is 8.58. The molecule has 4 aliphatic rings. The summed E-state index contributed by atoms with van der Waals surface area (Å²) in [5, 5.41) is 0. The lowest BCUT2D eigenvalue weighted by Crippen LogP contribution is -2.26. The first-order valence-electron chi connectivity index (χ1n) is 6.10. The van der Waals surface area contributed by atoms with E-state index in [1.54, 1.807) is 5.57 Å². The molecule has 0 aromatic carbocycles. The lowest BCUT2D eigenvalue weighted by atomic mass is 9.65. The van der Waals surface area contributed by atoms with Crippen molar-refractivity contribution in [2.75, 3.05) is 0 Å². The van der Waals surface area contributed by atoms with Crippen molar-refractivity contribution >= 4 is 0 Å². The van der Waals surface area contributed by atoms with E-state index in [4.69, 9.17) is 0 Å². The van der Waals surface area contributed by atoms with Gasteiger partial charge in [-0.05, 0) is 41.1 Å². The van der Waals surface area contributed by atoms with E-state index in [0.29, 0.717) is 11.8 Å². The van der Waals surface area contributed by atoms with E-state index in [1.807, 2.05) is 0 Å². The van der Waals surface area contributed by atoms with Crippen molar-refractivity contribution in [3.63, 3.8) is 0 Å². The van der Waals surface area contributed by atoms with Gasteiger partial charge in [0, 0.05) is 5.92 Å². The highest BCUT2D eigenvalue weighted by atomic mass is 14.4. The van der Waals surface area contributed by atoms with Crippen molar-refractivity contribution in [3.05, 3.63) is 70.9 Å². The molecule has 0 heteroatoms. The first-order chi connectivity index (χ1) is 7.93. The van der Waals surface area contributed by atoms with Gasteiger partial charge in [0.1, 0.15) is 0 Å². The van der Waals surface area contributed by atoms with Gasteiger partial charge in [-0.2, -0.15) is 0 Å². The second-order valence-corrected chi connectivity index (χ2v) is 4.97. The van der Waals surface area contributed by atoms with E-state index in [-0.39, 0.29) is 0 Å². The predicted octanol–water partition coefficient (Wildman–Crippen LogP) is 3.87. The third-order valence-corrected chi connectivity index (χ3v) is 4.11. The molecule has 0 fully saturated rings. The second kappa shape index (κ2) is 2.98. The van der Waals surface area contributed by atoms with Crippen molar-refractivity contribution in [1.29, 1.82) is 0 Å². The Balaban J connectivity index is 2.00. The van der Waals surface area contributed by atoms with Gasteiger partial charge in [0.05, 0.1) is 0 Å². The minimum absolute atomic E-state index is 0.648. The average Bonchev–Trinajstić information content (AvgIpc) is 2.36. The molecule has 4 aliphatic carbocycles. The standard InChI is InChI=1S/C16H14/c1-3-11-7-9-13-5-2-6-14-10-8-12(4-1)15(11)16(13)14/h1-3,6-10,12,15H,4-5H2. The van der Waals surface area contributed by atoms with Gasteiger partial charge in [-0.1, -0.05) is 48.6 Å². The third-order valence-electron chi connectivity index (χ3n) is 4.11. The fraction of sp³-hybridized carbons (Fsp3) is 0.250. The fourth-order valence-corrected chi connectivity index (χ4v) is 3.38. The second-order valence-electron chi connectivity index (χ2n) is 4.97. The van der Waals surface area contributed by atoms with Crippen LogP contribution in [0, 0.1) is 11.8 Å². The molecule has 0 nitrogen and oxygen atoms in total. The fourth-order valence-electron chi connectivity index (χ4n) is 3.38. The Morgan fingerprint density at radius 2 is 2.00 bits per heavy atom. The molecule has 0 saturated carbocycles. The first-order valence-corrected chi connectivity index (χ1v) is 6.10. The van der Waals surface area contributed by atoms with Crippen LogP contribution in [0.4, 0.5) is 0 Å². The minimum Gasteiger partial charge on any atom is -0.0836 e. The van der Waals surface area contributed by atoms with Crippen LogP contribution in [0.1, 0.15) is 12.8 Å². The molecule has 78 valence electrons. The number of allylic oxidation sites excluding steroid dienone is 12. The molecule has 0 aromatic heterocycles. The van der Waals surface area contributed by atoms with Gasteiger partial charge in [0.2, 0.25) is 0 Å². The Hall–Kier alpha value is -1.56. The van der Waals surface area contributed by atoms with Crippen molar-refractivity contribution in [2.24, 2.45) is 11.8 Å². The van der Waals surface area contributed by atoms with E-state index >= 15 is 0 Å². The summed E-state index contributed by atoms with van der Waals surface area (Å²) in [6, 6.07) is 0. The van der Waals surface area contributed by atoms with E-state index in [0.717, 1.165) is 6.42 Å². The van der Waals surface area contributed by atoms with E-state index in [9.17, 15) is 0 Å². The molecule has 0 radical (unpaired) electrons. The summed E-state index contributed by atoms with van der Waals surface area (Å²) in [5.41, 5.74) is 6.10. The number of hydrogen-bond donors (Lipinski definition) is 0. The number of rotatable bonds is 0. The topological polar surface area (TPSA) is 0 Å². The molecule has 2 atom stereocenters. The highest BCUT2D eigenvalue weighted by molar-refractivity contribution is 5.61. The van der Waals surface area contributed by atoms with Gasteiger partial charge in [0.25, 0.3) is 0 Å². The molecule has 0 spiro atoms. The zero-order valence-corrected chi connectivity index (χ0v) is 9.19. The molecule has 16 heavy (non-hydrogen) atoms. The number of hydrogen-bond acceptors (Lipinski definition) is 0. The molecule has 2 unspecified atom stereocenters. The van der Waals surface area contributed by atoms with Crippen LogP contribution in [-0.2, 0) is 0 Å². The molecular weight excluding hydrogens is 192 g/mol. The van der Waals surface area contributed by atoms with E-state index in [2.05, 4.69) is 48.6 Å². The Bertz CT molecular complexity index is 532. The maximum Gasteiger partial charge on any atom is 0.0164 e. The quantitative estimate of drug-likeness (QED) is 0.564. The molecule has 0 bridgehead atoms. The third kappa shape index (κ3) is 0.996. The van der Waals surface area contributed by atoms with Crippen LogP contribution in [0.15, 0.2) is 70.9 Å². The van der Waals surface area contributed by atoms with Crippen LogP contribution in [0.5, 0.6) is 0 Å². The molecule has 0 saturated heterocycles. The molecule has 0 amide bonds. The molecule has 0 N–H and O–H groups in total. The van der Waals surface area contributed by atoms with Crippen LogP contribution < -0.4 is 0 Å². The smallest absolute Gasteiger partial charge is 0.0164 e. The summed E-state index contributed by atoms with van der Waals surface area (Å²) in [6.45, 7) is 0. The maximum absolute atomic E-state index is 2.40. The van der Waals surface area contributed by atoms with Crippen molar-refractivity contribution in [2.45, 2.75) is 12.8 Å². The van der Waals surface area contributed by atoms with E-state index in [1.165, 1.54) is 23.1 Å². The molecule has 0 heterocycles. The lowest BCUT2D eigenvalue weighted by molar-refractivity contribution is 0.499. The van der Waals surface area contributed by atoms with E-state index < -0.39 is 0 Å². The Morgan fingerprint density at radius 3 is 3.00 bits per heavy atom. The molecule has 4 rings (SSSR count). The van der Waals surface area contributed by atoms with Gasteiger partial charge in [-0.25, -0.2) is 0 Å². The van der Waals surface area contributed by atoms with Crippen molar-refractivity contribution < 1.29 is 0 Å². The van der Waals surface area contributed by atoms with Gasteiger partial charge in [-0.15, -0.1) is 0 Å². The summed E-state index contributed by atoms with van der Waals surface area (Å²) < 4.78 is 0. The summed E-state index contributed by atoms with van der Waals surface area (Å²) >= 11 is 0. The van der Waals surface area contributed by atoms with Gasteiger partial charge in [-0.3, -0.25) is 0 Å². The highest BCUT2D eigenvalue weighted by Gasteiger charge is 2.34. The Kier molecular flexibility index (Phi) is 1.59. The van der Waals surface area contributed by atoms with Crippen molar-refractivity contribution in [1.82, 2.24) is 0 Å². The largest absolute Gasteiger partial charge is 0.0836 e. The van der Waals surface area contributed by atoms with Crippen molar-refractivity contribution in [3.8, 4) is 0 Å². The monoisotopic (exact) mass is 206 g/mol. The van der Waals surface area contributed by atoms with Crippen LogP contribution in [0.2, 0.25) is 0 Å². The molecular formula is C16H14. The highest BCUT2D eigenvalue weighted by Crippen LogP contribution is 2.47. The Morgan fingerprint density at radius 1 is 1.00 bits per heavy atom. The summed E-state index contributed by atoms with van der Waals surface area (Å²) in [6.07, 6.45) is 20.9. The average molecular weight is 206 g/mol. The zero-order chi connectivity index (χ0) is 10.5. The van der Waals surface area contributed by atoms with Crippen LogP contribution >= 0.6 is 0 Å².